The number of aryl methyl sites for hydroxylation is 1. The van der Waals surface area contributed by atoms with Crippen LogP contribution in [-0.2, 0) is 0 Å². The normalized spacial score (nSPS) is 10.5. The van der Waals surface area contributed by atoms with E-state index in [1.165, 1.54) is 24.5 Å². The van der Waals surface area contributed by atoms with E-state index in [2.05, 4.69) is 30.9 Å². The number of hydrogen-bond donors (Lipinski definition) is 3. The number of amides is 2. The Kier molecular flexibility index (Phi) is 5.82. The Morgan fingerprint density at radius 2 is 2.07 bits per heavy atom. The summed E-state index contributed by atoms with van der Waals surface area (Å²) in [4.78, 5) is 24.4. The fourth-order valence-corrected chi connectivity index (χ4v) is 2.49. The molecule has 0 unspecified atom stereocenters. The number of imidazole rings is 1. The number of urea groups is 1. The molecule has 0 aliphatic heterocycles. The highest BCUT2D eigenvalue weighted by atomic mass is 35.5. The van der Waals surface area contributed by atoms with Gasteiger partial charge in [-0.1, -0.05) is 11.6 Å². The molecule has 0 spiro atoms. The summed E-state index contributed by atoms with van der Waals surface area (Å²) >= 11 is 5.68. The van der Waals surface area contributed by atoms with Crippen molar-refractivity contribution in [3.8, 4) is 5.82 Å². The predicted octanol–water partition coefficient (Wildman–Crippen LogP) is 3.00. The molecule has 0 fully saturated rings. The maximum atomic E-state index is 13.1. The number of carbonyl (C=O) groups is 1. The van der Waals surface area contributed by atoms with Crippen molar-refractivity contribution in [2.45, 2.75) is 6.92 Å². The van der Waals surface area contributed by atoms with Gasteiger partial charge in [-0.3, -0.25) is 4.57 Å². The summed E-state index contributed by atoms with van der Waals surface area (Å²) in [6, 6.07) is 5.33. The molecular weight excluding hydrogens is 373 g/mol. The number of anilines is 2. The van der Waals surface area contributed by atoms with Crippen LogP contribution in [-0.4, -0.2) is 38.6 Å². The first kappa shape index (κ1) is 18.6. The summed E-state index contributed by atoms with van der Waals surface area (Å²) < 4.78 is 14.9. The number of nitrogens with zero attached hydrogens (tertiary/aromatic N) is 4. The van der Waals surface area contributed by atoms with Crippen LogP contribution in [0.1, 0.15) is 5.82 Å². The topological polar surface area (TPSA) is 96.8 Å². The minimum atomic E-state index is -0.540. The molecule has 2 aromatic heterocycles. The fourth-order valence-electron chi connectivity index (χ4n) is 2.31. The highest BCUT2D eigenvalue weighted by molar-refractivity contribution is 6.31. The lowest BCUT2D eigenvalue weighted by molar-refractivity contribution is 0.252. The van der Waals surface area contributed by atoms with Gasteiger partial charge in [0.15, 0.2) is 0 Å². The molecule has 0 saturated heterocycles. The molecule has 140 valence electrons. The molecule has 0 aliphatic carbocycles. The lowest BCUT2D eigenvalue weighted by Gasteiger charge is -2.10. The molecule has 0 bridgehead atoms. The molecular formula is C17H17ClFN7O. The minimum Gasteiger partial charge on any atom is -0.368 e. The molecule has 10 heteroatoms. The quantitative estimate of drug-likeness (QED) is 0.563. The lowest BCUT2D eigenvalue weighted by Crippen LogP contribution is -2.32. The van der Waals surface area contributed by atoms with Gasteiger partial charge in [-0.2, -0.15) is 0 Å². The molecule has 2 amide bonds. The number of aromatic nitrogens is 4. The van der Waals surface area contributed by atoms with Gasteiger partial charge in [-0.25, -0.2) is 24.1 Å². The first-order chi connectivity index (χ1) is 13.0. The molecule has 0 saturated carbocycles. The van der Waals surface area contributed by atoms with Gasteiger partial charge in [0, 0.05) is 37.2 Å². The molecule has 3 aromatic rings. The van der Waals surface area contributed by atoms with Gasteiger partial charge in [0.1, 0.15) is 29.6 Å². The number of hydrogen-bond acceptors (Lipinski definition) is 5. The molecule has 3 rings (SSSR count). The van der Waals surface area contributed by atoms with Crippen LogP contribution in [0.4, 0.5) is 20.7 Å². The van der Waals surface area contributed by atoms with E-state index in [0.29, 0.717) is 30.4 Å². The largest absolute Gasteiger partial charge is 0.368 e. The van der Waals surface area contributed by atoms with Crippen LogP contribution in [0.15, 0.2) is 43.0 Å². The van der Waals surface area contributed by atoms with E-state index in [9.17, 15) is 9.18 Å². The van der Waals surface area contributed by atoms with Crippen molar-refractivity contribution in [1.82, 2.24) is 24.8 Å². The first-order valence-electron chi connectivity index (χ1n) is 8.09. The third-order valence-electron chi connectivity index (χ3n) is 3.62. The molecule has 2 heterocycles. The Balaban J connectivity index is 1.47. The van der Waals surface area contributed by atoms with Crippen LogP contribution < -0.4 is 16.0 Å². The molecule has 0 atom stereocenters. The standard InChI is InChI=1S/C17H17ClFN7O/c1-11-20-6-7-26(11)16-9-15(23-10-24-16)21-4-5-22-17(27)25-12-2-3-14(19)13(18)8-12/h2-3,6-10H,4-5H2,1H3,(H,21,23,24)(H2,22,25,27). The van der Waals surface area contributed by atoms with E-state index < -0.39 is 11.8 Å². The van der Waals surface area contributed by atoms with E-state index >= 15 is 0 Å². The van der Waals surface area contributed by atoms with E-state index in [1.54, 1.807) is 12.3 Å². The highest BCUT2D eigenvalue weighted by Crippen LogP contribution is 2.19. The van der Waals surface area contributed by atoms with Crippen LogP contribution in [0.25, 0.3) is 5.82 Å². The van der Waals surface area contributed by atoms with Crippen molar-refractivity contribution in [3.05, 3.63) is 59.7 Å². The Morgan fingerprint density at radius 3 is 2.81 bits per heavy atom. The van der Waals surface area contributed by atoms with Crippen LogP contribution >= 0.6 is 11.6 Å². The summed E-state index contributed by atoms with van der Waals surface area (Å²) in [5, 5.41) is 8.31. The Morgan fingerprint density at radius 1 is 1.22 bits per heavy atom. The maximum Gasteiger partial charge on any atom is 0.319 e. The SMILES string of the molecule is Cc1nccn1-c1cc(NCCNC(=O)Nc2ccc(F)c(Cl)c2)ncn1. The minimum absolute atomic E-state index is 0.0536. The van der Waals surface area contributed by atoms with E-state index in [4.69, 9.17) is 11.6 Å². The van der Waals surface area contributed by atoms with Gasteiger partial charge in [0.05, 0.1) is 5.02 Å². The summed E-state index contributed by atoms with van der Waals surface area (Å²) in [5.74, 6) is 1.60. The van der Waals surface area contributed by atoms with Crippen molar-refractivity contribution < 1.29 is 9.18 Å². The number of nitrogens with one attached hydrogen (secondary N) is 3. The summed E-state index contributed by atoms with van der Waals surface area (Å²) in [5.41, 5.74) is 0.406. The van der Waals surface area contributed by atoms with Crippen molar-refractivity contribution in [2.75, 3.05) is 23.7 Å². The smallest absolute Gasteiger partial charge is 0.319 e. The van der Waals surface area contributed by atoms with Gasteiger partial charge in [-0.05, 0) is 25.1 Å². The monoisotopic (exact) mass is 389 g/mol. The first-order valence-corrected chi connectivity index (χ1v) is 8.47. The summed E-state index contributed by atoms with van der Waals surface area (Å²) in [6.45, 7) is 2.69. The molecule has 27 heavy (non-hydrogen) atoms. The molecule has 0 aliphatic rings. The second-order valence-corrected chi connectivity index (χ2v) is 5.95. The molecule has 3 N–H and O–H groups in total. The van der Waals surface area contributed by atoms with Crippen molar-refractivity contribution in [2.24, 2.45) is 0 Å². The van der Waals surface area contributed by atoms with Gasteiger partial charge in [-0.15, -0.1) is 0 Å². The third kappa shape index (κ3) is 4.91. The zero-order chi connectivity index (χ0) is 19.2. The highest BCUT2D eigenvalue weighted by Gasteiger charge is 2.06. The Labute approximate surface area is 159 Å². The molecule has 1 aromatic carbocycles. The number of carbonyl (C=O) groups excluding carboxylic acids is 1. The van der Waals surface area contributed by atoms with E-state index in [-0.39, 0.29) is 5.02 Å². The average molecular weight is 390 g/mol. The van der Waals surface area contributed by atoms with E-state index in [0.717, 1.165) is 5.82 Å². The van der Waals surface area contributed by atoms with Gasteiger partial charge in [0.2, 0.25) is 0 Å². The van der Waals surface area contributed by atoms with Crippen LogP contribution in [0, 0.1) is 12.7 Å². The molecule has 8 nitrogen and oxygen atoms in total. The number of halogens is 2. The Hall–Kier alpha value is -3.20. The zero-order valence-electron chi connectivity index (χ0n) is 14.4. The Bertz CT molecular complexity index is 947. The van der Waals surface area contributed by atoms with Crippen molar-refractivity contribution in [3.63, 3.8) is 0 Å². The van der Waals surface area contributed by atoms with E-state index in [1.807, 2.05) is 17.7 Å². The lowest BCUT2D eigenvalue weighted by atomic mass is 10.3. The van der Waals surface area contributed by atoms with Gasteiger partial charge in [0.25, 0.3) is 0 Å². The number of rotatable bonds is 6. The summed E-state index contributed by atoms with van der Waals surface area (Å²) in [7, 11) is 0. The second kappa shape index (κ2) is 8.45. The summed E-state index contributed by atoms with van der Waals surface area (Å²) in [6.07, 6.45) is 4.96. The average Bonchev–Trinajstić information content (AvgIpc) is 3.08. The van der Waals surface area contributed by atoms with Crippen molar-refractivity contribution in [1.29, 1.82) is 0 Å². The van der Waals surface area contributed by atoms with Crippen LogP contribution in [0.5, 0.6) is 0 Å². The maximum absolute atomic E-state index is 13.1. The van der Waals surface area contributed by atoms with Gasteiger partial charge >= 0.3 is 6.03 Å². The van der Waals surface area contributed by atoms with Crippen LogP contribution in [0.3, 0.4) is 0 Å². The second-order valence-electron chi connectivity index (χ2n) is 5.54. The third-order valence-corrected chi connectivity index (χ3v) is 3.91. The molecule has 0 radical (unpaired) electrons. The zero-order valence-corrected chi connectivity index (χ0v) is 15.2. The fraction of sp³-hybridized carbons (Fsp3) is 0.176. The number of benzene rings is 1. The van der Waals surface area contributed by atoms with Crippen LogP contribution in [0.2, 0.25) is 5.02 Å². The van der Waals surface area contributed by atoms with Crippen molar-refractivity contribution >= 4 is 29.1 Å². The predicted molar refractivity (Wildman–Crippen MR) is 101 cm³/mol. The van der Waals surface area contributed by atoms with Gasteiger partial charge < -0.3 is 16.0 Å².